The van der Waals surface area contributed by atoms with E-state index in [1.54, 1.807) is 0 Å². The molecule has 1 saturated carbocycles. The van der Waals surface area contributed by atoms with Gasteiger partial charge in [0.1, 0.15) is 0 Å². The summed E-state index contributed by atoms with van der Waals surface area (Å²) in [5, 5.41) is 3.19. The van der Waals surface area contributed by atoms with E-state index in [1.165, 1.54) is 32.1 Å². The second-order valence-corrected chi connectivity index (χ2v) is 7.50. The maximum atomic E-state index is 11.9. The summed E-state index contributed by atoms with van der Waals surface area (Å²) in [4.78, 5) is 11.9. The van der Waals surface area contributed by atoms with Crippen LogP contribution in [0.25, 0.3) is 0 Å². The predicted molar refractivity (Wildman–Crippen MR) is 123 cm³/mol. The van der Waals surface area contributed by atoms with Crippen molar-refractivity contribution in [2.24, 2.45) is 0 Å². The largest absolute Gasteiger partial charge is 0.353 e. The second-order valence-electron chi connectivity index (χ2n) is 7.50. The van der Waals surface area contributed by atoms with Crippen molar-refractivity contribution in [3.8, 4) is 0 Å². The van der Waals surface area contributed by atoms with Gasteiger partial charge in [-0.15, -0.1) is 0 Å². The van der Waals surface area contributed by atoms with Crippen molar-refractivity contribution in [2.45, 2.75) is 96.4 Å². The van der Waals surface area contributed by atoms with Crippen molar-refractivity contribution in [2.75, 3.05) is 0 Å². The summed E-state index contributed by atoms with van der Waals surface area (Å²) in [6.45, 7) is 2.16. The molecule has 0 bridgehead atoms. The summed E-state index contributed by atoms with van der Waals surface area (Å²) < 4.78 is 0. The third-order valence-corrected chi connectivity index (χ3v) is 4.90. The highest BCUT2D eigenvalue weighted by Gasteiger charge is 2.14. The van der Waals surface area contributed by atoms with Crippen LogP contribution in [0.5, 0.6) is 0 Å². The Labute approximate surface area is 173 Å². The Morgan fingerprint density at radius 3 is 1.79 bits per heavy atom. The van der Waals surface area contributed by atoms with Gasteiger partial charge < -0.3 is 5.32 Å². The molecule has 0 aromatic carbocycles. The zero-order valence-corrected chi connectivity index (χ0v) is 18.0. The molecule has 2 nitrogen and oxygen atoms in total. The van der Waals surface area contributed by atoms with Gasteiger partial charge in [0.2, 0.25) is 5.91 Å². The quantitative estimate of drug-likeness (QED) is 0.246. The van der Waals surface area contributed by atoms with Gasteiger partial charge in [-0.2, -0.15) is 0 Å². The van der Waals surface area contributed by atoms with Gasteiger partial charge in [-0.25, -0.2) is 0 Å². The van der Waals surface area contributed by atoms with Crippen molar-refractivity contribution in [1.29, 1.82) is 0 Å². The highest BCUT2D eigenvalue weighted by Crippen LogP contribution is 2.17. The molecule has 0 radical (unpaired) electrons. The van der Waals surface area contributed by atoms with Crippen LogP contribution in [0.3, 0.4) is 0 Å². The summed E-state index contributed by atoms with van der Waals surface area (Å²) in [6.07, 6.45) is 36.1. The monoisotopic (exact) mass is 383 g/mol. The molecule has 0 saturated heterocycles. The second kappa shape index (κ2) is 18.5. The molecule has 0 heterocycles. The predicted octanol–water partition coefficient (Wildman–Crippen LogP) is 7.36. The number of rotatable bonds is 14. The van der Waals surface area contributed by atoms with E-state index in [1.807, 2.05) is 0 Å². The fourth-order valence-electron chi connectivity index (χ4n) is 3.30. The first-order chi connectivity index (χ1) is 13.8. The number of hydrogen-bond acceptors (Lipinski definition) is 1. The van der Waals surface area contributed by atoms with E-state index >= 15 is 0 Å². The minimum Gasteiger partial charge on any atom is -0.353 e. The SMILES string of the molecule is CC/C=C\C/C=C\C/C=C\C/C=C\C/C=C\CCCC(=O)NC1CCCCC1. The average molecular weight is 384 g/mol. The Balaban J connectivity index is 1.93. The van der Waals surface area contributed by atoms with Gasteiger partial charge in [-0.05, 0) is 57.8 Å². The van der Waals surface area contributed by atoms with E-state index in [9.17, 15) is 4.79 Å². The molecule has 0 unspecified atom stereocenters. The molecule has 156 valence electrons. The molecule has 0 aromatic rings. The van der Waals surface area contributed by atoms with Gasteiger partial charge in [0.25, 0.3) is 0 Å². The number of carbonyl (C=O) groups is 1. The molecule has 1 aliphatic rings. The molecule has 1 amide bonds. The lowest BCUT2D eigenvalue weighted by atomic mass is 9.95. The smallest absolute Gasteiger partial charge is 0.220 e. The molecule has 0 aromatic heterocycles. The first-order valence-electron chi connectivity index (χ1n) is 11.4. The minimum atomic E-state index is 0.235. The third kappa shape index (κ3) is 15.2. The van der Waals surface area contributed by atoms with Crippen LogP contribution in [0.4, 0.5) is 0 Å². The first-order valence-corrected chi connectivity index (χ1v) is 11.4. The van der Waals surface area contributed by atoms with Crippen LogP contribution in [0.15, 0.2) is 60.8 Å². The van der Waals surface area contributed by atoms with Gasteiger partial charge in [0, 0.05) is 12.5 Å². The average Bonchev–Trinajstić information content (AvgIpc) is 2.71. The van der Waals surface area contributed by atoms with Crippen molar-refractivity contribution in [1.82, 2.24) is 5.32 Å². The highest BCUT2D eigenvalue weighted by molar-refractivity contribution is 5.76. The zero-order valence-electron chi connectivity index (χ0n) is 18.0. The topological polar surface area (TPSA) is 29.1 Å². The summed E-state index contributed by atoms with van der Waals surface area (Å²) in [6, 6.07) is 0.440. The maximum absolute atomic E-state index is 11.9. The van der Waals surface area contributed by atoms with Crippen LogP contribution in [-0.4, -0.2) is 11.9 Å². The number of allylic oxidation sites excluding steroid dienone is 10. The van der Waals surface area contributed by atoms with E-state index in [-0.39, 0.29) is 5.91 Å². The number of unbranched alkanes of at least 4 members (excludes halogenated alkanes) is 1. The van der Waals surface area contributed by atoms with Crippen LogP contribution in [-0.2, 0) is 4.79 Å². The number of amides is 1. The molecular formula is C26H41NO. The zero-order chi connectivity index (χ0) is 20.1. The van der Waals surface area contributed by atoms with E-state index in [0.717, 1.165) is 44.9 Å². The Hall–Kier alpha value is -1.83. The standard InChI is InChI=1S/C26H41NO/c1-2-3-4-5-6-7-8-9-10-11-12-13-14-15-16-17-21-24-26(28)27-25-22-19-18-20-23-25/h3-4,6-7,9-10,12-13,15-16,25H,2,5,8,11,14,17-24H2,1H3,(H,27,28)/b4-3-,7-6-,10-9-,13-12-,16-15-. The first kappa shape index (κ1) is 24.2. The molecule has 1 N–H and O–H groups in total. The van der Waals surface area contributed by atoms with E-state index in [0.29, 0.717) is 12.5 Å². The van der Waals surface area contributed by atoms with Gasteiger partial charge in [0.15, 0.2) is 0 Å². The van der Waals surface area contributed by atoms with Gasteiger partial charge in [0.05, 0.1) is 0 Å². The van der Waals surface area contributed by atoms with Crippen molar-refractivity contribution in [3.63, 3.8) is 0 Å². The van der Waals surface area contributed by atoms with Crippen molar-refractivity contribution in [3.05, 3.63) is 60.8 Å². The van der Waals surface area contributed by atoms with Gasteiger partial charge in [-0.3, -0.25) is 4.79 Å². The molecule has 0 spiro atoms. The Kier molecular flexibility index (Phi) is 16.0. The Bertz CT molecular complexity index is 519. The third-order valence-electron chi connectivity index (χ3n) is 4.90. The molecule has 1 fully saturated rings. The normalized spacial score (nSPS) is 16.5. The minimum absolute atomic E-state index is 0.235. The molecule has 0 aliphatic heterocycles. The summed E-state index contributed by atoms with van der Waals surface area (Å²) in [7, 11) is 0. The summed E-state index contributed by atoms with van der Waals surface area (Å²) in [5.41, 5.74) is 0. The lowest BCUT2D eigenvalue weighted by molar-refractivity contribution is -0.122. The number of nitrogens with one attached hydrogen (secondary N) is 1. The summed E-state index contributed by atoms with van der Waals surface area (Å²) >= 11 is 0. The fraction of sp³-hybridized carbons (Fsp3) is 0.577. The van der Waals surface area contributed by atoms with Crippen LogP contribution in [0.2, 0.25) is 0 Å². The lowest BCUT2D eigenvalue weighted by Crippen LogP contribution is -2.35. The molecule has 2 heteroatoms. The maximum Gasteiger partial charge on any atom is 0.220 e. The Morgan fingerprint density at radius 1 is 0.750 bits per heavy atom. The van der Waals surface area contributed by atoms with Gasteiger partial charge >= 0.3 is 0 Å². The van der Waals surface area contributed by atoms with Crippen LogP contribution in [0, 0.1) is 0 Å². The fourth-order valence-corrected chi connectivity index (χ4v) is 3.30. The van der Waals surface area contributed by atoms with E-state index in [2.05, 4.69) is 73.0 Å². The van der Waals surface area contributed by atoms with Crippen molar-refractivity contribution < 1.29 is 4.79 Å². The van der Waals surface area contributed by atoms with E-state index < -0.39 is 0 Å². The molecule has 28 heavy (non-hydrogen) atoms. The van der Waals surface area contributed by atoms with Crippen LogP contribution >= 0.6 is 0 Å². The van der Waals surface area contributed by atoms with E-state index in [4.69, 9.17) is 0 Å². The lowest BCUT2D eigenvalue weighted by Gasteiger charge is -2.22. The molecule has 0 atom stereocenters. The van der Waals surface area contributed by atoms with Crippen LogP contribution < -0.4 is 5.32 Å². The molecule has 1 aliphatic carbocycles. The van der Waals surface area contributed by atoms with Gasteiger partial charge in [-0.1, -0.05) is 86.9 Å². The highest BCUT2D eigenvalue weighted by atomic mass is 16.1. The van der Waals surface area contributed by atoms with Crippen LogP contribution in [0.1, 0.15) is 90.4 Å². The Morgan fingerprint density at radius 2 is 1.25 bits per heavy atom. The molecular weight excluding hydrogens is 342 g/mol. The number of carbonyl (C=O) groups excluding carboxylic acids is 1. The molecule has 1 rings (SSSR count). The number of hydrogen-bond donors (Lipinski definition) is 1. The van der Waals surface area contributed by atoms with Crippen molar-refractivity contribution >= 4 is 5.91 Å². The summed E-state index contributed by atoms with van der Waals surface area (Å²) in [5.74, 6) is 0.235.